The minimum absolute atomic E-state index is 0.0171. The molecule has 0 aromatic heterocycles. The molecule has 4 rings (SSSR count). The van der Waals surface area contributed by atoms with E-state index >= 15 is 0 Å². The maximum Gasteiger partial charge on any atom is 0.337 e. The normalized spacial score (nSPS) is 20.6. The summed E-state index contributed by atoms with van der Waals surface area (Å²) in [5.41, 5.74) is 2.51. The van der Waals surface area contributed by atoms with E-state index in [2.05, 4.69) is 10.1 Å². The van der Waals surface area contributed by atoms with Crippen LogP contribution in [-0.2, 0) is 16.0 Å². The summed E-state index contributed by atoms with van der Waals surface area (Å²) in [6.07, 6.45) is 1.62. The molecule has 1 aliphatic carbocycles. The standard InChI is InChI=1S/C20H16ClNO5S/c1-26-19(24)11-3-7-16(15(21)9-11)27-12-4-6-13-10(8-12)2-5-14(13)17-18(23)22-20(25)28-17/h3-4,6-9,14,17H,2,5H2,1H3,(H,22,23,25)/t14-,17?/m1/s1. The van der Waals surface area contributed by atoms with Crippen LogP contribution in [0, 0.1) is 0 Å². The molecule has 1 unspecified atom stereocenters. The Balaban J connectivity index is 1.54. The Bertz CT molecular complexity index is 993. The van der Waals surface area contributed by atoms with Gasteiger partial charge in [0.2, 0.25) is 5.91 Å². The number of thioether (sulfide) groups is 1. The lowest BCUT2D eigenvalue weighted by Gasteiger charge is -2.16. The van der Waals surface area contributed by atoms with Gasteiger partial charge in [0, 0.05) is 5.92 Å². The van der Waals surface area contributed by atoms with E-state index in [4.69, 9.17) is 16.3 Å². The zero-order chi connectivity index (χ0) is 19.8. The van der Waals surface area contributed by atoms with Gasteiger partial charge in [0.25, 0.3) is 5.24 Å². The van der Waals surface area contributed by atoms with Gasteiger partial charge in [0.15, 0.2) is 0 Å². The van der Waals surface area contributed by atoms with Crippen LogP contribution in [0.1, 0.15) is 33.8 Å². The van der Waals surface area contributed by atoms with Gasteiger partial charge in [-0.1, -0.05) is 29.4 Å². The third-order valence-corrected chi connectivity index (χ3v) is 6.31. The number of ether oxygens (including phenoxy) is 2. The Morgan fingerprint density at radius 2 is 2.04 bits per heavy atom. The lowest BCUT2D eigenvalue weighted by atomic mass is 9.97. The lowest BCUT2D eigenvalue weighted by Crippen LogP contribution is -2.27. The van der Waals surface area contributed by atoms with Crippen LogP contribution in [-0.4, -0.2) is 29.5 Å². The van der Waals surface area contributed by atoms with Gasteiger partial charge in [-0.25, -0.2) is 4.79 Å². The minimum atomic E-state index is -0.468. The molecular weight excluding hydrogens is 402 g/mol. The van der Waals surface area contributed by atoms with E-state index < -0.39 is 5.97 Å². The van der Waals surface area contributed by atoms with Gasteiger partial charge in [-0.2, -0.15) is 0 Å². The molecule has 144 valence electrons. The Morgan fingerprint density at radius 3 is 2.71 bits per heavy atom. The number of carbonyl (C=O) groups excluding carboxylic acids is 3. The molecule has 2 amide bonds. The predicted octanol–water partition coefficient (Wildman–Crippen LogP) is 4.30. The summed E-state index contributed by atoms with van der Waals surface area (Å²) in [6, 6.07) is 10.4. The van der Waals surface area contributed by atoms with Crippen LogP contribution >= 0.6 is 23.4 Å². The second kappa shape index (κ2) is 7.48. The average molecular weight is 418 g/mol. The van der Waals surface area contributed by atoms with Gasteiger partial charge in [-0.05, 0) is 54.3 Å². The maximum absolute atomic E-state index is 12.0. The summed E-state index contributed by atoms with van der Waals surface area (Å²) < 4.78 is 10.6. The van der Waals surface area contributed by atoms with E-state index in [9.17, 15) is 14.4 Å². The van der Waals surface area contributed by atoms with E-state index in [1.807, 2.05) is 18.2 Å². The number of methoxy groups -OCH3 is 1. The van der Waals surface area contributed by atoms with Crippen molar-refractivity contribution in [3.8, 4) is 11.5 Å². The Kier molecular flexibility index (Phi) is 5.03. The van der Waals surface area contributed by atoms with Gasteiger partial charge in [-0.3, -0.25) is 14.9 Å². The van der Waals surface area contributed by atoms with Crippen LogP contribution in [0.3, 0.4) is 0 Å². The van der Waals surface area contributed by atoms with Crippen LogP contribution in [0.2, 0.25) is 5.02 Å². The molecule has 0 saturated carbocycles. The number of esters is 1. The monoisotopic (exact) mass is 417 g/mol. The number of hydrogen-bond acceptors (Lipinski definition) is 6. The summed E-state index contributed by atoms with van der Waals surface area (Å²) in [7, 11) is 1.31. The molecular formula is C20H16ClNO5S. The summed E-state index contributed by atoms with van der Waals surface area (Å²) in [4.78, 5) is 35.0. The fourth-order valence-corrected chi connectivity index (χ4v) is 4.82. The molecule has 0 spiro atoms. The van der Waals surface area contributed by atoms with Crippen molar-refractivity contribution in [3.05, 3.63) is 58.1 Å². The van der Waals surface area contributed by atoms with E-state index in [-0.39, 0.29) is 22.3 Å². The van der Waals surface area contributed by atoms with Crippen LogP contribution < -0.4 is 10.1 Å². The molecule has 2 aromatic rings. The van der Waals surface area contributed by atoms with Crippen molar-refractivity contribution in [1.29, 1.82) is 0 Å². The number of benzene rings is 2. The largest absolute Gasteiger partial charge is 0.465 e. The minimum Gasteiger partial charge on any atom is -0.465 e. The molecule has 1 saturated heterocycles. The number of rotatable bonds is 4. The molecule has 2 aliphatic rings. The van der Waals surface area contributed by atoms with Gasteiger partial charge in [0.05, 0.1) is 17.7 Å². The average Bonchev–Trinajstić information content (AvgIpc) is 3.24. The first-order valence-corrected chi connectivity index (χ1v) is 9.92. The SMILES string of the molecule is COC(=O)c1ccc(Oc2ccc3c(c2)CC[C@H]3C2SC(=O)NC2=O)c(Cl)c1. The molecule has 1 N–H and O–H groups in total. The van der Waals surface area contributed by atoms with Gasteiger partial charge < -0.3 is 9.47 Å². The zero-order valence-corrected chi connectivity index (χ0v) is 16.4. The summed E-state index contributed by atoms with van der Waals surface area (Å²) in [5.74, 6) is 0.380. The molecule has 6 nitrogen and oxygen atoms in total. The molecule has 2 atom stereocenters. The van der Waals surface area contributed by atoms with Crippen molar-refractivity contribution in [2.75, 3.05) is 7.11 Å². The highest BCUT2D eigenvalue weighted by atomic mass is 35.5. The lowest BCUT2D eigenvalue weighted by molar-refractivity contribution is -0.119. The quantitative estimate of drug-likeness (QED) is 0.747. The third-order valence-electron chi connectivity index (χ3n) is 4.90. The molecule has 28 heavy (non-hydrogen) atoms. The molecule has 8 heteroatoms. The maximum atomic E-state index is 12.0. The third kappa shape index (κ3) is 3.47. The molecule has 1 aliphatic heterocycles. The van der Waals surface area contributed by atoms with Crippen molar-refractivity contribution in [1.82, 2.24) is 5.32 Å². The smallest absolute Gasteiger partial charge is 0.337 e. The summed E-state index contributed by atoms with van der Waals surface area (Å²) >= 11 is 7.29. The molecule has 0 radical (unpaired) electrons. The summed E-state index contributed by atoms with van der Waals surface area (Å²) in [6.45, 7) is 0. The highest BCUT2D eigenvalue weighted by molar-refractivity contribution is 8.15. The number of nitrogens with one attached hydrogen (secondary N) is 1. The van der Waals surface area contributed by atoms with Crippen LogP contribution in [0.4, 0.5) is 4.79 Å². The molecule has 1 heterocycles. The van der Waals surface area contributed by atoms with Gasteiger partial charge in [0.1, 0.15) is 16.7 Å². The van der Waals surface area contributed by atoms with Crippen LogP contribution in [0.15, 0.2) is 36.4 Å². The zero-order valence-electron chi connectivity index (χ0n) is 14.9. The Hall–Kier alpha value is -2.51. The van der Waals surface area contributed by atoms with Crippen LogP contribution in [0.5, 0.6) is 11.5 Å². The van der Waals surface area contributed by atoms with E-state index in [1.165, 1.54) is 13.2 Å². The van der Waals surface area contributed by atoms with E-state index in [0.717, 1.165) is 35.7 Å². The molecule has 1 fully saturated rings. The highest BCUT2D eigenvalue weighted by Gasteiger charge is 2.41. The number of imide groups is 1. The Labute approximate surface area is 170 Å². The topological polar surface area (TPSA) is 81.7 Å². The Morgan fingerprint density at radius 1 is 1.21 bits per heavy atom. The van der Waals surface area contributed by atoms with Crippen molar-refractivity contribution in [2.45, 2.75) is 24.0 Å². The fourth-order valence-electron chi connectivity index (χ4n) is 3.60. The second-order valence-electron chi connectivity index (χ2n) is 6.56. The van der Waals surface area contributed by atoms with Crippen molar-refractivity contribution < 1.29 is 23.9 Å². The summed E-state index contributed by atoms with van der Waals surface area (Å²) in [5, 5.41) is 2.00. The number of aryl methyl sites for hydroxylation is 1. The fraction of sp³-hybridized carbons (Fsp3) is 0.250. The van der Waals surface area contributed by atoms with Crippen LogP contribution in [0.25, 0.3) is 0 Å². The second-order valence-corrected chi connectivity index (χ2v) is 8.08. The number of halogens is 1. The number of fused-ring (bicyclic) bond motifs is 1. The number of carbonyl (C=O) groups is 3. The van der Waals surface area contributed by atoms with Crippen molar-refractivity contribution >= 4 is 40.5 Å². The first-order valence-electron chi connectivity index (χ1n) is 8.66. The predicted molar refractivity (Wildman–Crippen MR) is 105 cm³/mol. The number of amides is 2. The van der Waals surface area contributed by atoms with Gasteiger partial charge >= 0.3 is 5.97 Å². The van der Waals surface area contributed by atoms with E-state index in [0.29, 0.717) is 22.1 Å². The van der Waals surface area contributed by atoms with Crippen molar-refractivity contribution in [3.63, 3.8) is 0 Å². The van der Waals surface area contributed by atoms with E-state index in [1.54, 1.807) is 12.1 Å². The molecule has 2 aromatic carbocycles. The highest BCUT2D eigenvalue weighted by Crippen LogP contribution is 2.43. The first-order chi connectivity index (χ1) is 13.5. The van der Waals surface area contributed by atoms with Crippen molar-refractivity contribution in [2.24, 2.45) is 0 Å². The van der Waals surface area contributed by atoms with Gasteiger partial charge in [-0.15, -0.1) is 0 Å². The number of hydrogen-bond donors (Lipinski definition) is 1. The first kappa shape index (κ1) is 18.8. The molecule has 0 bridgehead atoms.